The average Bonchev–Trinajstić information content (AvgIpc) is 2.41. The third kappa shape index (κ3) is 3.85. The van der Waals surface area contributed by atoms with Crippen LogP contribution in [-0.4, -0.2) is 28.9 Å². The Morgan fingerprint density at radius 2 is 2.00 bits per heavy atom. The molecule has 0 aromatic carbocycles. The predicted molar refractivity (Wildman–Crippen MR) is 77.9 cm³/mol. The van der Waals surface area contributed by atoms with Crippen molar-refractivity contribution in [3.05, 3.63) is 35.7 Å². The first-order chi connectivity index (χ1) is 9.39. The van der Waals surface area contributed by atoms with Crippen molar-refractivity contribution in [3.8, 4) is 0 Å². The summed E-state index contributed by atoms with van der Waals surface area (Å²) in [5, 5.41) is 0. The molecule has 0 N–H and O–H groups in total. The van der Waals surface area contributed by atoms with Gasteiger partial charge in [0, 0.05) is 32.5 Å². The van der Waals surface area contributed by atoms with Crippen molar-refractivity contribution >= 4 is 6.08 Å². The fraction of sp³-hybridized carbons (Fsp3) is 0.562. The summed E-state index contributed by atoms with van der Waals surface area (Å²) < 4.78 is 26.3. The van der Waals surface area contributed by atoms with E-state index in [0.29, 0.717) is 25.6 Å². The minimum absolute atomic E-state index is 0.0504. The van der Waals surface area contributed by atoms with Crippen molar-refractivity contribution in [1.82, 2.24) is 9.88 Å². The van der Waals surface area contributed by atoms with E-state index in [0.717, 1.165) is 11.4 Å². The van der Waals surface area contributed by atoms with Crippen LogP contribution in [0.1, 0.15) is 49.6 Å². The van der Waals surface area contributed by atoms with E-state index in [1.165, 1.54) is 5.56 Å². The van der Waals surface area contributed by atoms with Gasteiger partial charge in [0.1, 0.15) is 0 Å². The zero-order chi connectivity index (χ0) is 14.8. The van der Waals surface area contributed by atoms with Crippen LogP contribution in [-0.2, 0) is 6.54 Å². The monoisotopic (exact) mass is 280 g/mol. The van der Waals surface area contributed by atoms with Crippen LogP contribution in [0.2, 0.25) is 0 Å². The van der Waals surface area contributed by atoms with Crippen LogP contribution in [0.3, 0.4) is 0 Å². The second-order valence-electron chi connectivity index (χ2n) is 5.81. The van der Waals surface area contributed by atoms with E-state index in [2.05, 4.69) is 36.4 Å². The Bertz CT molecular complexity index is 473. The van der Waals surface area contributed by atoms with Gasteiger partial charge >= 0.3 is 0 Å². The standard InChI is InChI=1S/C16H22F2N2/c1-4-14-9-13(12(2)3)10-15(19-14)11-20-7-5-16(17,18)6-8-20/h4,9-10,12H,1,5-8,11H2,2-3H3. The molecule has 1 fully saturated rings. The fourth-order valence-corrected chi connectivity index (χ4v) is 2.42. The lowest BCUT2D eigenvalue weighted by Gasteiger charge is -2.31. The maximum absolute atomic E-state index is 13.1. The fourth-order valence-electron chi connectivity index (χ4n) is 2.42. The summed E-state index contributed by atoms with van der Waals surface area (Å²) in [6, 6.07) is 4.11. The molecule has 4 heteroatoms. The van der Waals surface area contributed by atoms with Crippen LogP contribution < -0.4 is 0 Å². The maximum Gasteiger partial charge on any atom is 0.250 e. The van der Waals surface area contributed by atoms with Crippen molar-refractivity contribution < 1.29 is 8.78 Å². The highest BCUT2D eigenvalue weighted by Gasteiger charge is 2.33. The molecule has 20 heavy (non-hydrogen) atoms. The average molecular weight is 280 g/mol. The Balaban J connectivity index is 2.09. The molecule has 2 nitrogen and oxygen atoms in total. The van der Waals surface area contributed by atoms with Gasteiger partial charge in [-0.3, -0.25) is 9.88 Å². The van der Waals surface area contributed by atoms with Gasteiger partial charge in [-0.25, -0.2) is 8.78 Å². The van der Waals surface area contributed by atoms with E-state index in [9.17, 15) is 8.78 Å². The van der Waals surface area contributed by atoms with Gasteiger partial charge in [0.05, 0.1) is 11.4 Å². The van der Waals surface area contributed by atoms with Gasteiger partial charge in [-0.2, -0.15) is 0 Å². The van der Waals surface area contributed by atoms with Crippen molar-refractivity contribution in [3.63, 3.8) is 0 Å². The third-order valence-corrected chi connectivity index (χ3v) is 3.77. The molecule has 1 aromatic rings. The first-order valence-electron chi connectivity index (χ1n) is 7.13. The zero-order valence-electron chi connectivity index (χ0n) is 12.2. The number of nitrogens with zero attached hydrogens (tertiary/aromatic N) is 2. The summed E-state index contributed by atoms with van der Waals surface area (Å²) in [6.45, 7) is 9.53. The second kappa shape index (κ2) is 6.00. The summed E-state index contributed by atoms with van der Waals surface area (Å²) in [5.41, 5.74) is 3.01. The van der Waals surface area contributed by atoms with Crippen LogP contribution in [0, 0.1) is 0 Å². The third-order valence-electron chi connectivity index (χ3n) is 3.77. The number of rotatable bonds is 4. The molecule has 2 rings (SSSR count). The molecule has 0 aliphatic carbocycles. The topological polar surface area (TPSA) is 16.1 Å². The highest BCUT2D eigenvalue weighted by molar-refractivity contribution is 5.44. The lowest BCUT2D eigenvalue weighted by molar-refractivity contribution is -0.0568. The highest BCUT2D eigenvalue weighted by Crippen LogP contribution is 2.28. The normalized spacial score (nSPS) is 19.2. The number of alkyl halides is 2. The molecule has 0 spiro atoms. The smallest absolute Gasteiger partial charge is 0.250 e. The van der Waals surface area contributed by atoms with Gasteiger partial charge in [-0.1, -0.05) is 20.4 Å². The molecule has 1 aliphatic heterocycles. The van der Waals surface area contributed by atoms with Gasteiger partial charge in [-0.05, 0) is 29.7 Å². The molecular weight excluding hydrogens is 258 g/mol. The molecule has 0 saturated carbocycles. The Kier molecular flexibility index (Phi) is 4.53. The molecule has 1 aromatic heterocycles. The van der Waals surface area contributed by atoms with E-state index >= 15 is 0 Å². The van der Waals surface area contributed by atoms with Crippen LogP contribution in [0.15, 0.2) is 18.7 Å². The molecule has 0 bridgehead atoms. The molecule has 0 amide bonds. The Hall–Kier alpha value is -1.29. The van der Waals surface area contributed by atoms with Crippen molar-refractivity contribution in [2.24, 2.45) is 0 Å². The Labute approximate surface area is 119 Å². The summed E-state index contributed by atoms with van der Waals surface area (Å²) in [7, 11) is 0. The van der Waals surface area contributed by atoms with Gasteiger partial charge in [0.25, 0.3) is 5.92 Å². The summed E-state index contributed by atoms with van der Waals surface area (Å²) >= 11 is 0. The Morgan fingerprint density at radius 3 is 2.55 bits per heavy atom. The van der Waals surface area contributed by atoms with Gasteiger partial charge in [0.2, 0.25) is 0 Å². The minimum atomic E-state index is -2.49. The number of aromatic nitrogens is 1. The molecular formula is C16H22F2N2. The van der Waals surface area contributed by atoms with Crippen molar-refractivity contribution in [2.75, 3.05) is 13.1 Å². The lowest BCUT2D eigenvalue weighted by atomic mass is 10.0. The molecule has 2 heterocycles. The maximum atomic E-state index is 13.1. The number of halogens is 2. The second-order valence-corrected chi connectivity index (χ2v) is 5.81. The van der Waals surface area contributed by atoms with Crippen molar-refractivity contribution in [2.45, 2.75) is 45.1 Å². The van der Waals surface area contributed by atoms with Crippen LogP contribution in [0.4, 0.5) is 8.78 Å². The molecule has 0 atom stereocenters. The number of piperidine rings is 1. The van der Waals surface area contributed by atoms with E-state index < -0.39 is 5.92 Å². The van der Waals surface area contributed by atoms with Gasteiger partial charge in [-0.15, -0.1) is 0 Å². The molecule has 1 aliphatic rings. The van der Waals surface area contributed by atoms with Crippen LogP contribution in [0.5, 0.6) is 0 Å². The highest BCUT2D eigenvalue weighted by atomic mass is 19.3. The first kappa shape index (κ1) is 15.1. The number of pyridine rings is 1. The number of hydrogen-bond donors (Lipinski definition) is 0. The van der Waals surface area contributed by atoms with E-state index in [-0.39, 0.29) is 12.8 Å². The van der Waals surface area contributed by atoms with Gasteiger partial charge < -0.3 is 0 Å². The van der Waals surface area contributed by atoms with E-state index in [1.807, 2.05) is 6.07 Å². The quantitative estimate of drug-likeness (QED) is 0.826. The Morgan fingerprint density at radius 1 is 1.35 bits per heavy atom. The number of hydrogen-bond acceptors (Lipinski definition) is 2. The van der Waals surface area contributed by atoms with Crippen molar-refractivity contribution in [1.29, 1.82) is 0 Å². The van der Waals surface area contributed by atoms with Crippen LogP contribution >= 0.6 is 0 Å². The summed E-state index contributed by atoms with van der Waals surface area (Å²) in [5.74, 6) is -2.07. The molecule has 1 saturated heterocycles. The largest absolute Gasteiger partial charge is 0.297 e. The SMILES string of the molecule is C=Cc1cc(C(C)C)cc(CN2CCC(F)(F)CC2)n1. The molecule has 0 unspecified atom stereocenters. The summed E-state index contributed by atoms with van der Waals surface area (Å²) in [4.78, 5) is 6.57. The molecule has 0 radical (unpaired) electrons. The van der Waals surface area contributed by atoms with E-state index in [4.69, 9.17) is 0 Å². The summed E-state index contributed by atoms with van der Waals surface area (Å²) in [6.07, 6.45) is 1.64. The number of likely N-dealkylation sites (tertiary alicyclic amines) is 1. The first-order valence-corrected chi connectivity index (χ1v) is 7.13. The van der Waals surface area contributed by atoms with Crippen LogP contribution in [0.25, 0.3) is 6.08 Å². The molecule has 110 valence electrons. The lowest BCUT2D eigenvalue weighted by Crippen LogP contribution is -2.39. The van der Waals surface area contributed by atoms with Gasteiger partial charge in [0.15, 0.2) is 0 Å². The minimum Gasteiger partial charge on any atom is -0.297 e. The zero-order valence-corrected chi connectivity index (χ0v) is 12.2. The van der Waals surface area contributed by atoms with E-state index in [1.54, 1.807) is 6.08 Å². The predicted octanol–water partition coefficient (Wildman–Crippen LogP) is 4.08.